The Kier molecular flexibility index (Phi) is 26.3. The second kappa shape index (κ2) is 27.9. The molecule has 0 unspecified atom stereocenters. The lowest BCUT2D eigenvalue weighted by atomic mass is 10.0. The van der Waals surface area contributed by atoms with Crippen LogP contribution in [-0.2, 0) is 4.79 Å². The molecular formula is C34H56O4. The monoisotopic (exact) mass is 528 g/mol. The number of carbonyl (C=O) groups is 1. The smallest absolute Gasteiger partial charge is 0.364 e. The molecule has 0 aromatic carbocycles. The Morgan fingerprint density at radius 1 is 0.526 bits per heavy atom. The van der Waals surface area contributed by atoms with Crippen molar-refractivity contribution in [2.24, 2.45) is 0 Å². The molecule has 38 heavy (non-hydrogen) atoms. The van der Waals surface area contributed by atoms with Crippen LogP contribution in [0.5, 0.6) is 0 Å². The summed E-state index contributed by atoms with van der Waals surface area (Å²) in [4.78, 5) is 10.6. The zero-order chi connectivity index (χ0) is 28.0. The first-order valence-corrected chi connectivity index (χ1v) is 15.1. The molecule has 0 aliphatic rings. The second-order valence-electron chi connectivity index (χ2n) is 10.0. The minimum Gasteiger partial charge on any atom is -0.477 e. The van der Waals surface area contributed by atoms with Gasteiger partial charge < -0.3 is 15.3 Å². The predicted molar refractivity (Wildman–Crippen MR) is 163 cm³/mol. The first kappa shape index (κ1) is 35.8. The lowest BCUT2D eigenvalue weighted by Gasteiger charge is -2.15. The van der Waals surface area contributed by atoms with Gasteiger partial charge in [0.05, 0.1) is 0 Å². The number of allylic oxidation sites excluding steroid dienone is 12. The number of aliphatic hydroxyl groups is 2. The average molecular weight is 529 g/mol. The maximum atomic E-state index is 10.6. The molecule has 0 aromatic heterocycles. The summed E-state index contributed by atoms with van der Waals surface area (Å²) in [7, 11) is 0. The summed E-state index contributed by atoms with van der Waals surface area (Å²) in [5.41, 5.74) is 0. The number of hydrogen-bond donors (Lipinski definition) is 3. The highest BCUT2D eigenvalue weighted by Crippen LogP contribution is 2.15. The Hall–Kier alpha value is -2.17. The van der Waals surface area contributed by atoms with E-state index in [1.54, 1.807) is 0 Å². The van der Waals surface area contributed by atoms with Crippen LogP contribution >= 0.6 is 0 Å². The van der Waals surface area contributed by atoms with Crippen molar-refractivity contribution in [1.82, 2.24) is 0 Å². The standard InChI is InChI=1S/C34H56O4/c1-2-3-4-5-6-7-8-9-10-11-12-13-14-15-16-17-18-19-20-21-22-23-24-25-26-27-28-29-30-31-32-34(37,38)33(35)36/h3-4,7-12,15-16,18-19,37-38H,2,5-6,13-14,17,20-32H2,1H3,(H,35,36)/b4-3+,8-7+,10-9+,12-11+,16-15+,19-18+. The lowest BCUT2D eigenvalue weighted by Crippen LogP contribution is -2.37. The molecule has 3 N–H and O–H groups in total. The molecule has 0 saturated carbocycles. The molecule has 0 radical (unpaired) electrons. The van der Waals surface area contributed by atoms with Crippen LogP contribution in [0.4, 0.5) is 0 Å². The summed E-state index contributed by atoms with van der Waals surface area (Å²) < 4.78 is 0. The quantitative estimate of drug-likeness (QED) is 0.0452. The normalized spacial score (nSPS) is 13.1. The molecule has 0 aliphatic carbocycles. The summed E-state index contributed by atoms with van der Waals surface area (Å²) in [5, 5.41) is 27.1. The molecule has 4 heteroatoms. The van der Waals surface area contributed by atoms with E-state index >= 15 is 0 Å². The van der Waals surface area contributed by atoms with E-state index < -0.39 is 11.8 Å². The summed E-state index contributed by atoms with van der Waals surface area (Å²) in [5.74, 6) is -4.12. The zero-order valence-corrected chi connectivity index (χ0v) is 24.1. The fourth-order valence-corrected chi connectivity index (χ4v) is 3.99. The van der Waals surface area contributed by atoms with Crippen LogP contribution < -0.4 is 0 Å². The van der Waals surface area contributed by atoms with Crippen molar-refractivity contribution in [3.8, 4) is 0 Å². The molecule has 0 amide bonds. The van der Waals surface area contributed by atoms with Crippen molar-refractivity contribution in [1.29, 1.82) is 0 Å². The van der Waals surface area contributed by atoms with Gasteiger partial charge in [-0.15, -0.1) is 0 Å². The molecular weight excluding hydrogens is 472 g/mol. The fraction of sp³-hybridized carbons (Fsp3) is 0.618. The average Bonchev–Trinajstić information content (AvgIpc) is 2.89. The number of carboxylic acids is 1. The number of hydrogen-bond acceptors (Lipinski definition) is 3. The molecule has 0 saturated heterocycles. The Morgan fingerprint density at radius 3 is 1.45 bits per heavy atom. The van der Waals surface area contributed by atoms with Crippen molar-refractivity contribution in [3.05, 3.63) is 72.9 Å². The molecule has 0 rings (SSSR count). The van der Waals surface area contributed by atoms with Crippen molar-refractivity contribution < 1.29 is 20.1 Å². The van der Waals surface area contributed by atoms with Gasteiger partial charge in [0.15, 0.2) is 0 Å². The van der Waals surface area contributed by atoms with Gasteiger partial charge in [0, 0.05) is 6.42 Å². The van der Waals surface area contributed by atoms with E-state index in [0.717, 1.165) is 57.8 Å². The van der Waals surface area contributed by atoms with Gasteiger partial charge in [-0.3, -0.25) is 0 Å². The van der Waals surface area contributed by atoms with E-state index in [4.69, 9.17) is 5.11 Å². The van der Waals surface area contributed by atoms with Gasteiger partial charge in [0.25, 0.3) is 5.79 Å². The predicted octanol–water partition coefficient (Wildman–Crippen LogP) is 9.52. The van der Waals surface area contributed by atoms with E-state index in [1.807, 2.05) is 0 Å². The number of carboxylic acid groups (broad SMARTS) is 1. The van der Waals surface area contributed by atoms with Gasteiger partial charge in [-0.25, -0.2) is 4.79 Å². The summed E-state index contributed by atoms with van der Waals surface area (Å²) in [6.45, 7) is 2.16. The van der Waals surface area contributed by atoms with E-state index in [9.17, 15) is 15.0 Å². The first-order chi connectivity index (χ1) is 18.5. The summed E-state index contributed by atoms with van der Waals surface area (Å²) in [6.07, 6.45) is 46.7. The van der Waals surface area contributed by atoms with Crippen LogP contribution in [0.2, 0.25) is 0 Å². The Bertz CT molecular complexity index is 710. The van der Waals surface area contributed by atoms with Crippen LogP contribution in [0, 0.1) is 0 Å². The molecule has 4 nitrogen and oxygen atoms in total. The Balaban J connectivity index is 3.39. The number of unbranched alkanes of at least 4 members (excludes halogenated alkanes) is 13. The van der Waals surface area contributed by atoms with Crippen LogP contribution in [-0.4, -0.2) is 27.1 Å². The van der Waals surface area contributed by atoms with Gasteiger partial charge in [0.2, 0.25) is 0 Å². The third kappa shape index (κ3) is 26.9. The lowest BCUT2D eigenvalue weighted by molar-refractivity contribution is -0.205. The van der Waals surface area contributed by atoms with E-state index in [2.05, 4.69) is 79.8 Å². The maximum absolute atomic E-state index is 10.6. The highest BCUT2D eigenvalue weighted by Gasteiger charge is 2.31. The van der Waals surface area contributed by atoms with Crippen molar-refractivity contribution >= 4 is 5.97 Å². The summed E-state index contributed by atoms with van der Waals surface area (Å²) in [6, 6.07) is 0. The summed E-state index contributed by atoms with van der Waals surface area (Å²) >= 11 is 0. The molecule has 0 heterocycles. The van der Waals surface area contributed by atoms with Gasteiger partial charge in [-0.05, 0) is 57.8 Å². The molecule has 0 fully saturated rings. The van der Waals surface area contributed by atoms with E-state index in [0.29, 0.717) is 6.42 Å². The van der Waals surface area contributed by atoms with E-state index in [-0.39, 0.29) is 6.42 Å². The van der Waals surface area contributed by atoms with Gasteiger partial charge in [-0.2, -0.15) is 0 Å². The number of rotatable bonds is 26. The minimum absolute atomic E-state index is 0.0962. The van der Waals surface area contributed by atoms with Gasteiger partial charge in [-0.1, -0.05) is 138 Å². The Labute approximate surface area is 233 Å². The van der Waals surface area contributed by atoms with Crippen LogP contribution in [0.1, 0.15) is 129 Å². The molecule has 216 valence electrons. The maximum Gasteiger partial charge on any atom is 0.364 e. The highest BCUT2D eigenvalue weighted by atomic mass is 16.5. The number of aliphatic carboxylic acids is 1. The second-order valence-corrected chi connectivity index (χ2v) is 10.0. The molecule has 0 aromatic rings. The van der Waals surface area contributed by atoms with Crippen LogP contribution in [0.25, 0.3) is 0 Å². The van der Waals surface area contributed by atoms with E-state index in [1.165, 1.54) is 51.4 Å². The molecule has 0 atom stereocenters. The van der Waals surface area contributed by atoms with Crippen molar-refractivity contribution in [2.45, 2.75) is 135 Å². The molecule has 0 spiro atoms. The molecule has 0 aliphatic heterocycles. The zero-order valence-electron chi connectivity index (χ0n) is 24.1. The third-order valence-corrected chi connectivity index (χ3v) is 6.35. The van der Waals surface area contributed by atoms with Crippen LogP contribution in [0.15, 0.2) is 72.9 Å². The van der Waals surface area contributed by atoms with Crippen LogP contribution in [0.3, 0.4) is 0 Å². The molecule has 0 bridgehead atoms. The first-order valence-electron chi connectivity index (χ1n) is 15.1. The van der Waals surface area contributed by atoms with Gasteiger partial charge in [0.1, 0.15) is 0 Å². The fourth-order valence-electron chi connectivity index (χ4n) is 3.99. The highest BCUT2D eigenvalue weighted by molar-refractivity contribution is 5.74. The Morgan fingerprint density at radius 2 is 0.947 bits per heavy atom. The topological polar surface area (TPSA) is 77.8 Å². The van der Waals surface area contributed by atoms with Crippen molar-refractivity contribution in [3.63, 3.8) is 0 Å². The SMILES string of the molecule is CC/C=C/CC/C=C/C=C/C=C/CC/C=C/C/C=C/CCCCCCCCCCCCCC(O)(O)C(=O)O. The van der Waals surface area contributed by atoms with Gasteiger partial charge >= 0.3 is 5.97 Å². The largest absolute Gasteiger partial charge is 0.477 e. The third-order valence-electron chi connectivity index (χ3n) is 6.35. The van der Waals surface area contributed by atoms with Crippen molar-refractivity contribution in [2.75, 3.05) is 0 Å². The minimum atomic E-state index is -2.56.